The van der Waals surface area contributed by atoms with Crippen LogP contribution in [0.3, 0.4) is 0 Å². The van der Waals surface area contributed by atoms with Gasteiger partial charge in [0.15, 0.2) is 0 Å². The van der Waals surface area contributed by atoms with Crippen LogP contribution < -0.4 is 4.52 Å². The first-order valence-corrected chi connectivity index (χ1v) is 15.0. The van der Waals surface area contributed by atoms with Gasteiger partial charge in [-0.1, -0.05) is 31.3 Å². The lowest BCUT2D eigenvalue weighted by Crippen LogP contribution is -2.65. The van der Waals surface area contributed by atoms with Gasteiger partial charge >= 0.3 is 37.7 Å². The maximum Gasteiger partial charge on any atom is 0.460 e. The van der Waals surface area contributed by atoms with Crippen molar-refractivity contribution in [1.82, 2.24) is 0 Å². The smallest absolute Gasteiger partial charge is 0.425 e. The lowest BCUT2D eigenvalue weighted by molar-refractivity contribution is -0.403. The molecule has 0 aliphatic heterocycles. The molecular weight excluding hydrogens is 551 g/mol. The van der Waals surface area contributed by atoms with E-state index in [9.17, 15) is 57.3 Å². The van der Waals surface area contributed by atoms with Crippen molar-refractivity contribution < 1.29 is 66.3 Å². The van der Waals surface area contributed by atoms with Gasteiger partial charge in [-0.25, -0.2) is 4.57 Å². The molecule has 0 radical (unpaired) electrons. The van der Waals surface area contributed by atoms with Crippen molar-refractivity contribution in [2.24, 2.45) is 0 Å². The van der Waals surface area contributed by atoms with E-state index in [0.29, 0.717) is 6.66 Å². The van der Waals surface area contributed by atoms with Crippen molar-refractivity contribution in [2.45, 2.75) is 67.8 Å². The van der Waals surface area contributed by atoms with Crippen LogP contribution in [0.15, 0.2) is 30.3 Å². The van der Waals surface area contributed by atoms with Crippen LogP contribution >= 0.6 is 7.60 Å². The first-order valence-electron chi connectivity index (χ1n) is 9.62. The Morgan fingerprint density at radius 3 is 1.77 bits per heavy atom. The number of halogens is 12. The van der Waals surface area contributed by atoms with E-state index in [1.54, 1.807) is 0 Å². The minimum absolute atomic E-state index is 0.318. The molecule has 1 aromatic rings. The van der Waals surface area contributed by atoms with E-state index in [0.717, 1.165) is 25.2 Å². The largest absolute Gasteiger partial charge is 0.460 e. The highest BCUT2D eigenvalue weighted by atomic mass is 31.2. The molecule has 204 valence electrons. The molecule has 0 aliphatic rings. The SMILES string of the molecule is C[Si](C)(CCC(F)(F)F)CC(OP(C)(=O)Oc1ccccc1)C(F)(F)C(F)(F)C(F)(F)C(F)(F)F. The van der Waals surface area contributed by atoms with Crippen molar-refractivity contribution in [2.75, 3.05) is 6.66 Å². The average Bonchev–Trinajstić information content (AvgIpc) is 2.64. The Morgan fingerprint density at radius 1 is 0.857 bits per heavy atom. The Balaban J connectivity index is 3.45. The molecule has 0 bridgehead atoms. The van der Waals surface area contributed by atoms with Gasteiger partial charge in [0.25, 0.3) is 0 Å². The fourth-order valence-electron chi connectivity index (χ4n) is 2.83. The topological polar surface area (TPSA) is 35.5 Å². The zero-order chi connectivity index (χ0) is 27.7. The molecule has 0 amide bonds. The van der Waals surface area contributed by atoms with Gasteiger partial charge in [-0.05, 0) is 24.2 Å². The van der Waals surface area contributed by atoms with E-state index in [1.807, 2.05) is 0 Å². The molecule has 17 heteroatoms. The predicted molar refractivity (Wildman–Crippen MR) is 104 cm³/mol. The van der Waals surface area contributed by atoms with Gasteiger partial charge in [0.1, 0.15) is 11.9 Å². The third-order valence-corrected chi connectivity index (χ3v) is 8.99. The molecule has 3 nitrogen and oxygen atoms in total. The molecule has 0 saturated heterocycles. The quantitative estimate of drug-likeness (QED) is 0.152. The van der Waals surface area contributed by atoms with Crippen molar-refractivity contribution >= 4 is 15.7 Å². The van der Waals surface area contributed by atoms with Crippen LogP contribution in [0.4, 0.5) is 52.7 Å². The number of benzene rings is 1. The molecular formula is C18H21F12O3PSi. The Morgan fingerprint density at radius 2 is 1.34 bits per heavy atom. The van der Waals surface area contributed by atoms with Crippen LogP contribution in [0.5, 0.6) is 5.75 Å². The second-order valence-electron chi connectivity index (χ2n) is 8.52. The molecule has 0 saturated carbocycles. The van der Waals surface area contributed by atoms with Crippen LogP contribution in [0.25, 0.3) is 0 Å². The summed E-state index contributed by atoms with van der Waals surface area (Å²) in [5.74, 6) is -21.0. The first-order chi connectivity index (χ1) is 15.3. The molecule has 0 aromatic heterocycles. The van der Waals surface area contributed by atoms with Gasteiger partial charge in [-0.3, -0.25) is 4.52 Å². The first kappa shape index (κ1) is 31.6. The highest BCUT2D eigenvalue weighted by Crippen LogP contribution is 2.58. The summed E-state index contributed by atoms with van der Waals surface area (Å²) < 4.78 is 182. The molecule has 0 N–H and O–H groups in total. The molecule has 2 atom stereocenters. The van der Waals surface area contributed by atoms with Gasteiger partial charge < -0.3 is 4.52 Å². The molecule has 35 heavy (non-hydrogen) atoms. The van der Waals surface area contributed by atoms with Gasteiger partial charge in [-0.15, -0.1) is 0 Å². The van der Waals surface area contributed by atoms with Crippen molar-refractivity contribution in [1.29, 1.82) is 0 Å². The van der Waals surface area contributed by atoms with Crippen molar-refractivity contribution in [3.63, 3.8) is 0 Å². The second kappa shape index (κ2) is 10.2. The Hall–Kier alpha value is -1.41. The van der Waals surface area contributed by atoms with Gasteiger partial charge in [0.05, 0.1) is 8.07 Å². The fraction of sp³-hybridized carbons (Fsp3) is 0.667. The molecule has 0 heterocycles. The number of hydrogen-bond acceptors (Lipinski definition) is 3. The molecule has 0 spiro atoms. The van der Waals surface area contributed by atoms with Gasteiger partial charge in [0.2, 0.25) is 0 Å². The normalized spacial score (nSPS) is 17.1. The highest BCUT2D eigenvalue weighted by Gasteiger charge is 2.83. The minimum Gasteiger partial charge on any atom is -0.425 e. The summed E-state index contributed by atoms with van der Waals surface area (Å²) >= 11 is 0. The van der Waals surface area contributed by atoms with E-state index in [4.69, 9.17) is 4.52 Å². The van der Waals surface area contributed by atoms with Crippen LogP contribution in [0.1, 0.15) is 6.42 Å². The highest BCUT2D eigenvalue weighted by molar-refractivity contribution is 7.53. The van der Waals surface area contributed by atoms with Gasteiger partial charge in [-0.2, -0.15) is 52.7 Å². The number of rotatable bonds is 11. The van der Waals surface area contributed by atoms with E-state index in [1.165, 1.54) is 18.2 Å². The van der Waals surface area contributed by atoms with E-state index in [-0.39, 0.29) is 5.75 Å². The minimum atomic E-state index is -7.26. The lowest BCUT2D eigenvalue weighted by Gasteiger charge is -2.40. The standard InChI is InChI=1S/C18H21F12O3PSi/c1-34(31,32-12-7-5-4-6-8-12)33-13(11-35(2,3)10-9-14(19,20)21)15(22,23)16(24,25)17(26,27)18(28,29)30/h4-8,13H,9-11H2,1-3H3. The fourth-order valence-corrected chi connectivity index (χ4v) is 6.70. The molecule has 1 rings (SSSR count). The summed E-state index contributed by atoms with van der Waals surface area (Å²) in [4.78, 5) is 0. The van der Waals surface area contributed by atoms with Crippen LogP contribution in [0, 0.1) is 0 Å². The third kappa shape index (κ3) is 8.04. The Bertz CT molecular complexity index is 887. The van der Waals surface area contributed by atoms with Crippen LogP contribution in [-0.2, 0) is 9.09 Å². The number of hydrogen-bond donors (Lipinski definition) is 0. The predicted octanol–water partition coefficient (Wildman–Crippen LogP) is 8.40. The summed E-state index contributed by atoms with van der Waals surface area (Å²) in [5.41, 5.74) is 0. The summed E-state index contributed by atoms with van der Waals surface area (Å²) in [5, 5.41) is 0. The summed E-state index contributed by atoms with van der Waals surface area (Å²) in [7, 11) is -8.63. The Kier molecular flexibility index (Phi) is 9.17. The molecule has 0 fully saturated rings. The van der Waals surface area contributed by atoms with E-state index >= 15 is 0 Å². The van der Waals surface area contributed by atoms with Crippen LogP contribution in [-0.4, -0.2) is 51.0 Å². The number of para-hydroxylation sites is 1. The van der Waals surface area contributed by atoms with Gasteiger partial charge in [0, 0.05) is 13.1 Å². The lowest BCUT2D eigenvalue weighted by atomic mass is 10.00. The molecule has 2 unspecified atom stereocenters. The van der Waals surface area contributed by atoms with E-state index < -0.39 is 70.4 Å². The van der Waals surface area contributed by atoms with E-state index in [2.05, 4.69) is 4.52 Å². The molecule has 1 aromatic carbocycles. The zero-order valence-corrected chi connectivity index (χ0v) is 20.2. The monoisotopic (exact) mass is 572 g/mol. The summed E-state index contributed by atoms with van der Waals surface area (Å²) in [6, 6.07) is 3.89. The second-order valence-corrected chi connectivity index (χ2v) is 15.7. The zero-order valence-electron chi connectivity index (χ0n) is 18.3. The molecule has 0 aliphatic carbocycles. The van der Waals surface area contributed by atoms with Crippen LogP contribution in [0.2, 0.25) is 25.2 Å². The average molecular weight is 572 g/mol. The summed E-state index contributed by atoms with van der Waals surface area (Å²) in [6.45, 7) is 2.42. The Labute approximate surface area is 193 Å². The maximum absolute atomic E-state index is 14.7. The maximum atomic E-state index is 14.7. The third-order valence-electron chi connectivity index (χ3n) is 4.73. The van der Waals surface area contributed by atoms with Crippen molar-refractivity contribution in [3.8, 4) is 5.75 Å². The summed E-state index contributed by atoms with van der Waals surface area (Å²) in [6.07, 6.45) is -17.1. The van der Waals surface area contributed by atoms with Crippen molar-refractivity contribution in [3.05, 3.63) is 30.3 Å². The number of alkyl halides is 12.